The number of fused-ring (bicyclic) bond motifs is 1. The van der Waals surface area contributed by atoms with Crippen molar-refractivity contribution in [1.82, 2.24) is 20.0 Å². The molecule has 0 unspecified atom stereocenters. The molecule has 1 saturated carbocycles. The van der Waals surface area contributed by atoms with E-state index in [9.17, 15) is 14.0 Å². The molecule has 1 aliphatic heterocycles. The van der Waals surface area contributed by atoms with Gasteiger partial charge in [-0.3, -0.25) is 14.3 Å². The molecule has 0 bridgehead atoms. The van der Waals surface area contributed by atoms with Gasteiger partial charge in [-0.1, -0.05) is 11.6 Å². The molecule has 1 fully saturated rings. The molecule has 1 aromatic carbocycles. The summed E-state index contributed by atoms with van der Waals surface area (Å²) in [6.07, 6.45) is 3.65. The van der Waals surface area contributed by atoms with Crippen molar-refractivity contribution in [3.63, 3.8) is 0 Å². The molecule has 28 heavy (non-hydrogen) atoms. The minimum Gasteiger partial charge on any atom is -0.353 e. The Morgan fingerprint density at radius 2 is 2.14 bits per heavy atom. The molecule has 8 heteroatoms. The second-order valence-electron chi connectivity index (χ2n) is 7.44. The Morgan fingerprint density at radius 3 is 2.89 bits per heavy atom. The van der Waals surface area contributed by atoms with E-state index in [1.165, 1.54) is 18.2 Å². The fraction of sp³-hybridized carbons (Fsp3) is 0.450. The molecule has 1 aliphatic carbocycles. The Bertz CT molecular complexity index is 939. The van der Waals surface area contributed by atoms with Gasteiger partial charge in [0.05, 0.1) is 11.3 Å². The number of hydrogen-bond acceptors (Lipinski definition) is 3. The second-order valence-corrected chi connectivity index (χ2v) is 7.87. The summed E-state index contributed by atoms with van der Waals surface area (Å²) in [4.78, 5) is 26.5. The van der Waals surface area contributed by atoms with Crippen molar-refractivity contribution >= 4 is 23.4 Å². The van der Waals surface area contributed by atoms with E-state index in [-0.39, 0.29) is 17.4 Å². The van der Waals surface area contributed by atoms with Crippen LogP contribution in [0.25, 0.3) is 0 Å². The Kier molecular flexibility index (Phi) is 5.10. The molecule has 1 N–H and O–H groups in total. The topological polar surface area (TPSA) is 67.2 Å². The number of hydrogen-bond donors (Lipinski definition) is 1. The van der Waals surface area contributed by atoms with Gasteiger partial charge < -0.3 is 10.2 Å². The van der Waals surface area contributed by atoms with Crippen molar-refractivity contribution in [3.05, 3.63) is 51.6 Å². The summed E-state index contributed by atoms with van der Waals surface area (Å²) in [5.41, 5.74) is 2.83. The van der Waals surface area contributed by atoms with Crippen molar-refractivity contribution in [2.24, 2.45) is 7.05 Å². The molecule has 148 valence electrons. The zero-order chi connectivity index (χ0) is 19.8. The van der Waals surface area contributed by atoms with Crippen LogP contribution in [-0.2, 0) is 31.2 Å². The lowest BCUT2D eigenvalue weighted by molar-refractivity contribution is -0.121. The molecule has 1 aromatic heterocycles. The van der Waals surface area contributed by atoms with Crippen LogP contribution in [0.15, 0.2) is 18.2 Å². The number of carbonyl (C=O) groups excluding carboxylic acids is 2. The fourth-order valence-corrected chi connectivity index (χ4v) is 3.81. The third-order valence-corrected chi connectivity index (χ3v) is 5.54. The van der Waals surface area contributed by atoms with Gasteiger partial charge in [-0.25, -0.2) is 4.39 Å². The number of aryl methyl sites for hydroxylation is 2. The molecule has 0 spiro atoms. The van der Waals surface area contributed by atoms with Crippen molar-refractivity contribution in [1.29, 1.82) is 0 Å². The van der Waals surface area contributed by atoms with Gasteiger partial charge in [0.1, 0.15) is 5.82 Å². The van der Waals surface area contributed by atoms with Crippen LogP contribution in [0.5, 0.6) is 0 Å². The van der Waals surface area contributed by atoms with E-state index in [0.717, 1.165) is 29.8 Å². The first-order valence-corrected chi connectivity index (χ1v) is 9.87. The first kappa shape index (κ1) is 18.9. The number of rotatable bonds is 5. The predicted molar refractivity (Wildman–Crippen MR) is 103 cm³/mol. The second kappa shape index (κ2) is 7.54. The average molecular weight is 405 g/mol. The molecule has 0 saturated heterocycles. The van der Waals surface area contributed by atoms with Gasteiger partial charge in [0.2, 0.25) is 5.91 Å². The van der Waals surface area contributed by atoms with Crippen LogP contribution in [0.1, 0.15) is 46.6 Å². The molecule has 2 aromatic rings. The first-order chi connectivity index (χ1) is 13.4. The minimum absolute atomic E-state index is 0.0230. The van der Waals surface area contributed by atoms with Gasteiger partial charge in [0, 0.05) is 61.7 Å². The monoisotopic (exact) mass is 404 g/mol. The standard InChI is InChI=1S/C20H22ClFN4O2/c1-25-18-8-9-26(20(28)14-10-12(21)2-5-16(14)22)11-15(18)17(24-25)6-7-19(27)23-13-3-4-13/h2,5,10,13H,3-4,6-9,11H2,1H3,(H,23,27). The third-order valence-electron chi connectivity index (χ3n) is 5.30. The van der Waals surface area contributed by atoms with Gasteiger partial charge in [-0.15, -0.1) is 0 Å². The van der Waals surface area contributed by atoms with Crippen molar-refractivity contribution in [2.45, 2.75) is 44.7 Å². The average Bonchev–Trinajstić information content (AvgIpc) is 3.43. The van der Waals surface area contributed by atoms with Crippen molar-refractivity contribution in [2.75, 3.05) is 6.54 Å². The van der Waals surface area contributed by atoms with Gasteiger partial charge in [-0.05, 0) is 31.0 Å². The number of nitrogens with one attached hydrogen (secondary N) is 1. The van der Waals surface area contributed by atoms with Crippen LogP contribution in [-0.4, -0.2) is 39.1 Å². The Morgan fingerprint density at radius 1 is 1.36 bits per heavy atom. The van der Waals surface area contributed by atoms with Crippen LogP contribution in [0.4, 0.5) is 4.39 Å². The van der Waals surface area contributed by atoms with E-state index in [4.69, 9.17) is 11.6 Å². The molecule has 2 aliphatic rings. The quantitative estimate of drug-likeness (QED) is 0.833. The van der Waals surface area contributed by atoms with E-state index in [1.54, 1.807) is 4.90 Å². The van der Waals surface area contributed by atoms with Crippen LogP contribution in [0, 0.1) is 5.82 Å². The minimum atomic E-state index is -0.580. The molecular formula is C20H22ClFN4O2. The largest absolute Gasteiger partial charge is 0.353 e. The molecule has 4 rings (SSSR count). The highest BCUT2D eigenvalue weighted by Gasteiger charge is 2.29. The summed E-state index contributed by atoms with van der Waals surface area (Å²) in [5, 5.41) is 7.86. The Balaban J connectivity index is 1.49. The third kappa shape index (κ3) is 3.90. The summed E-state index contributed by atoms with van der Waals surface area (Å²) < 4.78 is 15.9. The maximum atomic E-state index is 14.1. The van der Waals surface area contributed by atoms with Crippen molar-refractivity contribution < 1.29 is 14.0 Å². The summed E-state index contributed by atoms with van der Waals surface area (Å²) in [5.74, 6) is -0.929. The molecular weight excluding hydrogens is 383 g/mol. The molecule has 2 amide bonds. The maximum absolute atomic E-state index is 14.1. The number of aromatic nitrogens is 2. The van der Waals surface area contributed by atoms with E-state index >= 15 is 0 Å². The number of amides is 2. The summed E-state index contributed by atoms with van der Waals surface area (Å²) in [6, 6.07) is 4.33. The van der Waals surface area contributed by atoms with Crippen LogP contribution in [0.2, 0.25) is 5.02 Å². The summed E-state index contributed by atoms with van der Waals surface area (Å²) in [7, 11) is 1.88. The van der Waals surface area contributed by atoms with E-state index in [1.807, 2.05) is 11.7 Å². The maximum Gasteiger partial charge on any atom is 0.257 e. The lowest BCUT2D eigenvalue weighted by Crippen LogP contribution is -2.37. The summed E-state index contributed by atoms with van der Waals surface area (Å²) in [6.45, 7) is 0.840. The molecule has 2 heterocycles. The molecule has 0 atom stereocenters. The van der Waals surface area contributed by atoms with E-state index in [0.29, 0.717) is 43.4 Å². The number of nitrogens with zero attached hydrogens (tertiary/aromatic N) is 3. The number of benzene rings is 1. The van der Waals surface area contributed by atoms with Crippen LogP contribution in [0.3, 0.4) is 0 Å². The molecule has 0 radical (unpaired) electrons. The van der Waals surface area contributed by atoms with E-state index in [2.05, 4.69) is 10.4 Å². The highest BCUT2D eigenvalue weighted by molar-refractivity contribution is 6.31. The fourth-order valence-electron chi connectivity index (χ4n) is 3.64. The number of halogens is 2. The Labute approximate surface area is 167 Å². The lowest BCUT2D eigenvalue weighted by Gasteiger charge is -2.28. The Hall–Kier alpha value is -2.41. The normalized spacial score (nSPS) is 16.0. The highest BCUT2D eigenvalue weighted by Crippen LogP contribution is 2.26. The van der Waals surface area contributed by atoms with E-state index < -0.39 is 5.82 Å². The SMILES string of the molecule is Cn1nc(CCC(=O)NC2CC2)c2c1CCN(C(=O)c1cc(Cl)ccc1F)C2. The van der Waals surface area contributed by atoms with Gasteiger partial charge in [0.25, 0.3) is 5.91 Å². The van der Waals surface area contributed by atoms with Gasteiger partial charge >= 0.3 is 0 Å². The van der Waals surface area contributed by atoms with Gasteiger partial charge in [0.15, 0.2) is 0 Å². The zero-order valence-electron chi connectivity index (χ0n) is 15.7. The van der Waals surface area contributed by atoms with Crippen molar-refractivity contribution in [3.8, 4) is 0 Å². The predicted octanol–water partition coefficient (Wildman–Crippen LogP) is 2.62. The van der Waals surface area contributed by atoms with Crippen LogP contribution >= 0.6 is 11.6 Å². The first-order valence-electron chi connectivity index (χ1n) is 9.49. The zero-order valence-corrected chi connectivity index (χ0v) is 16.4. The highest BCUT2D eigenvalue weighted by atomic mass is 35.5. The smallest absolute Gasteiger partial charge is 0.257 e. The lowest BCUT2D eigenvalue weighted by atomic mass is 10.0. The molecule has 6 nitrogen and oxygen atoms in total. The number of carbonyl (C=O) groups is 2. The van der Waals surface area contributed by atoms with Crippen LogP contribution < -0.4 is 5.32 Å². The van der Waals surface area contributed by atoms with Gasteiger partial charge in [-0.2, -0.15) is 5.10 Å². The summed E-state index contributed by atoms with van der Waals surface area (Å²) >= 11 is 5.93.